The second-order valence-corrected chi connectivity index (χ2v) is 4.99. The molecule has 0 aliphatic rings. The molecule has 0 spiro atoms. The summed E-state index contributed by atoms with van der Waals surface area (Å²) in [6, 6.07) is 0. The lowest BCUT2D eigenvalue weighted by Gasteiger charge is -2.10. The predicted octanol–water partition coefficient (Wildman–Crippen LogP) is 2.16. The van der Waals surface area contributed by atoms with Crippen molar-refractivity contribution in [2.24, 2.45) is 0 Å². The third-order valence-electron chi connectivity index (χ3n) is 2.41. The number of anilines is 1. The molecule has 1 aromatic heterocycles. The van der Waals surface area contributed by atoms with Crippen LogP contribution in [0.5, 0.6) is 0 Å². The molecular formula is C13H22N4O2S. The van der Waals surface area contributed by atoms with Crippen LogP contribution in [-0.4, -0.2) is 33.5 Å². The van der Waals surface area contributed by atoms with Crippen LogP contribution in [0.1, 0.15) is 44.6 Å². The summed E-state index contributed by atoms with van der Waals surface area (Å²) in [6.07, 6.45) is 2.53. The number of hydrogen-bond acceptors (Lipinski definition) is 4. The first-order valence-corrected chi connectivity index (χ1v) is 7.22. The Hall–Kier alpha value is -1.63. The molecule has 0 aliphatic carbocycles. The number of hydrogen-bond donors (Lipinski definition) is 2. The fourth-order valence-electron chi connectivity index (χ4n) is 1.50. The molecule has 0 bridgehead atoms. The van der Waals surface area contributed by atoms with E-state index in [0.717, 1.165) is 13.0 Å². The normalized spacial score (nSPS) is 10.4. The van der Waals surface area contributed by atoms with Gasteiger partial charge in [-0.25, -0.2) is 4.79 Å². The average molecular weight is 298 g/mol. The molecule has 0 saturated heterocycles. The molecule has 1 rings (SSSR count). The average Bonchev–Trinajstić information content (AvgIpc) is 2.78. The van der Waals surface area contributed by atoms with Gasteiger partial charge in [-0.05, 0) is 39.4 Å². The van der Waals surface area contributed by atoms with Crippen molar-refractivity contribution in [2.75, 3.05) is 11.9 Å². The Labute approximate surface area is 124 Å². The van der Waals surface area contributed by atoms with Gasteiger partial charge in [0, 0.05) is 19.3 Å². The van der Waals surface area contributed by atoms with Crippen LogP contribution < -0.4 is 10.6 Å². The van der Waals surface area contributed by atoms with Crippen LogP contribution in [0, 0.1) is 0 Å². The van der Waals surface area contributed by atoms with Crippen LogP contribution in [0.15, 0.2) is 6.20 Å². The zero-order valence-corrected chi connectivity index (χ0v) is 13.2. The van der Waals surface area contributed by atoms with Crippen molar-refractivity contribution in [1.82, 2.24) is 15.1 Å². The number of aromatic nitrogens is 2. The molecule has 112 valence electrons. The lowest BCUT2D eigenvalue weighted by molar-refractivity contribution is 0.0371. The first-order valence-electron chi connectivity index (χ1n) is 6.81. The first kappa shape index (κ1) is 16.4. The van der Waals surface area contributed by atoms with Crippen molar-refractivity contribution < 1.29 is 9.53 Å². The van der Waals surface area contributed by atoms with Crippen molar-refractivity contribution in [3.05, 3.63) is 11.9 Å². The van der Waals surface area contributed by atoms with Gasteiger partial charge < -0.3 is 15.4 Å². The van der Waals surface area contributed by atoms with Crippen molar-refractivity contribution in [2.45, 2.75) is 46.8 Å². The van der Waals surface area contributed by atoms with E-state index in [9.17, 15) is 4.79 Å². The molecule has 0 unspecified atom stereocenters. The Morgan fingerprint density at radius 3 is 2.75 bits per heavy atom. The van der Waals surface area contributed by atoms with E-state index in [4.69, 9.17) is 17.0 Å². The highest BCUT2D eigenvalue weighted by Crippen LogP contribution is 2.16. The number of nitrogens with one attached hydrogen (secondary N) is 2. The molecule has 0 aromatic carbocycles. The Balaban J connectivity index is 2.85. The maximum absolute atomic E-state index is 12.0. The molecule has 20 heavy (non-hydrogen) atoms. The van der Waals surface area contributed by atoms with Crippen molar-refractivity contribution in [3.63, 3.8) is 0 Å². The number of esters is 1. The van der Waals surface area contributed by atoms with Crippen molar-refractivity contribution in [3.8, 4) is 0 Å². The summed E-state index contributed by atoms with van der Waals surface area (Å²) >= 11 is 5.17. The first-order chi connectivity index (χ1) is 9.47. The fraction of sp³-hybridized carbons (Fsp3) is 0.615. The van der Waals surface area contributed by atoms with Crippen LogP contribution in [0.3, 0.4) is 0 Å². The van der Waals surface area contributed by atoms with Gasteiger partial charge in [0.2, 0.25) is 0 Å². The number of aryl methyl sites for hydroxylation is 1. The summed E-state index contributed by atoms with van der Waals surface area (Å²) in [5, 5.41) is 10.7. The number of nitrogens with zero attached hydrogens (tertiary/aromatic N) is 2. The zero-order chi connectivity index (χ0) is 15.1. The van der Waals surface area contributed by atoms with Crippen LogP contribution in [0.2, 0.25) is 0 Å². The number of carbonyl (C=O) groups excluding carboxylic acids is 1. The third-order valence-corrected chi connectivity index (χ3v) is 2.65. The second-order valence-electron chi connectivity index (χ2n) is 4.58. The maximum atomic E-state index is 12.0. The van der Waals surface area contributed by atoms with E-state index in [1.54, 1.807) is 24.7 Å². The van der Waals surface area contributed by atoms with Gasteiger partial charge in [-0.3, -0.25) is 4.68 Å². The van der Waals surface area contributed by atoms with Gasteiger partial charge in [-0.2, -0.15) is 5.10 Å². The molecule has 1 heterocycles. The maximum Gasteiger partial charge on any atom is 0.361 e. The lowest BCUT2D eigenvalue weighted by atomic mass is 10.3. The molecule has 1 aromatic rings. The number of carbonyl (C=O) groups is 1. The third kappa shape index (κ3) is 4.80. The molecule has 0 atom stereocenters. The Bertz CT molecular complexity index is 471. The summed E-state index contributed by atoms with van der Waals surface area (Å²) in [7, 11) is 0. The summed E-state index contributed by atoms with van der Waals surface area (Å²) in [4.78, 5) is 12.0. The van der Waals surface area contributed by atoms with E-state index in [-0.39, 0.29) is 11.8 Å². The lowest BCUT2D eigenvalue weighted by Crippen LogP contribution is -2.29. The summed E-state index contributed by atoms with van der Waals surface area (Å²) in [6.45, 7) is 9.04. The highest BCUT2D eigenvalue weighted by atomic mass is 32.1. The summed E-state index contributed by atoms with van der Waals surface area (Å²) in [5.41, 5.74) is 0.812. The largest absolute Gasteiger partial charge is 0.458 e. The number of rotatable bonds is 6. The predicted molar refractivity (Wildman–Crippen MR) is 83.0 cm³/mol. The molecule has 0 aliphatic heterocycles. The van der Waals surface area contributed by atoms with Crippen LogP contribution in [-0.2, 0) is 11.3 Å². The van der Waals surface area contributed by atoms with E-state index < -0.39 is 5.97 Å². The van der Waals surface area contributed by atoms with Crippen molar-refractivity contribution in [1.29, 1.82) is 0 Å². The summed E-state index contributed by atoms with van der Waals surface area (Å²) in [5.74, 6) is -0.451. The number of thiocarbonyl (C=S) groups is 1. The smallest absolute Gasteiger partial charge is 0.361 e. The van der Waals surface area contributed by atoms with Gasteiger partial charge in [0.05, 0.1) is 11.8 Å². The zero-order valence-electron chi connectivity index (χ0n) is 12.4. The standard InChI is InChI=1S/C13H22N4O2S/c1-5-7-14-13(20)15-10-8-17(6-2)16-11(10)12(18)19-9(3)4/h8-9H,5-7H2,1-4H3,(H2,14,15,20). The topological polar surface area (TPSA) is 68.2 Å². The van der Waals surface area contributed by atoms with Crippen LogP contribution >= 0.6 is 12.2 Å². The molecule has 2 N–H and O–H groups in total. The SMILES string of the molecule is CCCNC(=S)Nc1cn(CC)nc1C(=O)OC(C)C. The Morgan fingerprint density at radius 2 is 2.20 bits per heavy atom. The monoisotopic (exact) mass is 298 g/mol. The van der Waals surface area contributed by atoms with Crippen molar-refractivity contribution >= 4 is 29.0 Å². The highest BCUT2D eigenvalue weighted by Gasteiger charge is 2.19. The summed E-state index contributed by atoms with van der Waals surface area (Å²) < 4.78 is 6.85. The van der Waals surface area contributed by atoms with E-state index in [2.05, 4.69) is 22.7 Å². The quantitative estimate of drug-likeness (QED) is 0.619. The Morgan fingerprint density at radius 1 is 1.50 bits per heavy atom. The van der Waals surface area contributed by atoms with Crippen LogP contribution in [0.25, 0.3) is 0 Å². The molecule has 0 radical (unpaired) electrons. The van der Waals surface area contributed by atoms with Gasteiger partial charge in [0.15, 0.2) is 10.8 Å². The molecule has 0 amide bonds. The van der Waals surface area contributed by atoms with E-state index in [1.165, 1.54) is 0 Å². The van der Waals surface area contributed by atoms with E-state index in [1.807, 2.05) is 6.92 Å². The molecule has 7 heteroatoms. The molecule has 0 fully saturated rings. The minimum absolute atomic E-state index is 0.188. The minimum Gasteiger partial charge on any atom is -0.458 e. The fourth-order valence-corrected chi connectivity index (χ4v) is 1.71. The second kappa shape index (κ2) is 7.84. The van der Waals surface area contributed by atoms with Gasteiger partial charge in [-0.15, -0.1) is 0 Å². The van der Waals surface area contributed by atoms with E-state index in [0.29, 0.717) is 17.3 Å². The van der Waals surface area contributed by atoms with Gasteiger partial charge >= 0.3 is 5.97 Å². The Kier molecular flexibility index (Phi) is 6.44. The molecule has 6 nitrogen and oxygen atoms in total. The molecule has 0 saturated carbocycles. The molecular weight excluding hydrogens is 276 g/mol. The van der Waals surface area contributed by atoms with Crippen LogP contribution in [0.4, 0.5) is 5.69 Å². The minimum atomic E-state index is -0.451. The van der Waals surface area contributed by atoms with Gasteiger partial charge in [0.1, 0.15) is 0 Å². The highest BCUT2D eigenvalue weighted by molar-refractivity contribution is 7.80. The van der Waals surface area contributed by atoms with Gasteiger partial charge in [0.25, 0.3) is 0 Å². The van der Waals surface area contributed by atoms with Gasteiger partial charge in [-0.1, -0.05) is 6.92 Å². The van der Waals surface area contributed by atoms with E-state index >= 15 is 0 Å². The number of ether oxygens (including phenoxy) is 1.